The van der Waals surface area contributed by atoms with Gasteiger partial charge in [-0.15, -0.1) is 0 Å². The maximum absolute atomic E-state index is 13.2. The molecule has 0 fully saturated rings. The molecular weight excluding hydrogens is 181 g/mol. The first kappa shape index (κ1) is 11.1. The third-order valence-corrected chi connectivity index (χ3v) is 2.23. The molecule has 0 saturated carbocycles. The SMILES string of the molecule is N[C@H](CCCCO)c1ccccc1F. The number of hydrogen-bond acceptors (Lipinski definition) is 2. The van der Waals surface area contributed by atoms with Gasteiger partial charge < -0.3 is 10.8 Å². The molecule has 0 aromatic heterocycles. The van der Waals surface area contributed by atoms with Crippen molar-refractivity contribution < 1.29 is 9.50 Å². The van der Waals surface area contributed by atoms with E-state index in [1.807, 2.05) is 0 Å². The number of aliphatic hydroxyl groups excluding tert-OH is 1. The summed E-state index contributed by atoms with van der Waals surface area (Å²) >= 11 is 0. The summed E-state index contributed by atoms with van der Waals surface area (Å²) in [5, 5.41) is 8.59. The van der Waals surface area contributed by atoms with Crippen molar-refractivity contribution in [1.29, 1.82) is 0 Å². The second-order valence-electron chi connectivity index (χ2n) is 3.35. The summed E-state index contributed by atoms with van der Waals surface area (Å²) in [5.41, 5.74) is 6.38. The fraction of sp³-hybridized carbons (Fsp3) is 0.455. The molecule has 0 heterocycles. The van der Waals surface area contributed by atoms with Gasteiger partial charge in [-0.3, -0.25) is 0 Å². The molecule has 0 aliphatic heterocycles. The van der Waals surface area contributed by atoms with Gasteiger partial charge in [-0.25, -0.2) is 4.39 Å². The summed E-state index contributed by atoms with van der Waals surface area (Å²) in [6, 6.07) is 6.30. The van der Waals surface area contributed by atoms with E-state index in [0.29, 0.717) is 12.0 Å². The smallest absolute Gasteiger partial charge is 0.127 e. The average molecular weight is 197 g/mol. The van der Waals surface area contributed by atoms with Crippen molar-refractivity contribution in [2.24, 2.45) is 5.73 Å². The summed E-state index contributed by atoms with van der Waals surface area (Å²) in [7, 11) is 0. The number of aliphatic hydroxyl groups is 1. The van der Waals surface area contributed by atoms with E-state index >= 15 is 0 Å². The van der Waals surface area contributed by atoms with Crippen LogP contribution in [0.3, 0.4) is 0 Å². The van der Waals surface area contributed by atoms with Gasteiger partial charge in [-0.1, -0.05) is 18.2 Å². The molecule has 0 amide bonds. The molecule has 0 aliphatic carbocycles. The van der Waals surface area contributed by atoms with Crippen molar-refractivity contribution in [2.75, 3.05) is 6.61 Å². The van der Waals surface area contributed by atoms with E-state index in [-0.39, 0.29) is 18.5 Å². The fourth-order valence-corrected chi connectivity index (χ4v) is 1.41. The normalized spacial score (nSPS) is 12.8. The van der Waals surface area contributed by atoms with Crippen molar-refractivity contribution >= 4 is 0 Å². The van der Waals surface area contributed by atoms with Gasteiger partial charge in [0.25, 0.3) is 0 Å². The highest BCUT2D eigenvalue weighted by Crippen LogP contribution is 2.19. The molecule has 0 aliphatic rings. The molecule has 1 aromatic carbocycles. The minimum atomic E-state index is -0.261. The standard InChI is InChI=1S/C11H16FNO/c12-10-6-2-1-5-9(10)11(13)7-3-4-8-14/h1-2,5-6,11,14H,3-4,7-8,13H2/t11-/m1/s1. The van der Waals surface area contributed by atoms with E-state index in [2.05, 4.69) is 0 Å². The predicted molar refractivity (Wildman–Crippen MR) is 54.3 cm³/mol. The lowest BCUT2D eigenvalue weighted by Gasteiger charge is -2.11. The third kappa shape index (κ3) is 3.09. The van der Waals surface area contributed by atoms with Crippen molar-refractivity contribution in [2.45, 2.75) is 25.3 Å². The molecule has 78 valence electrons. The van der Waals surface area contributed by atoms with E-state index in [0.717, 1.165) is 12.8 Å². The first-order valence-electron chi connectivity index (χ1n) is 4.86. The fourth-order valence-electron chi connectivity index (χ4n) is 1.41. The van der Waals surface area contributed by atoms with Crippen molar-refractivity contribution in [3.63, 3.8) is 0 Å². The Hall–Kier alpha value is -0.930. The molecule has 1 rings (SSSR count). The first-order chi connectivity index (χ1) is 6.75. The Morgan fingerprint density at radius 1 is 1.29 bits per heavy atom. The Balaban J connectivity index is 2.51. The lowest BCUT2D eigenvalue weighted by Crippen LogP contribution is -2.12. The molecule has 3 heteroatoms. The number of unbranched alkanes of at least 4 members (excludes halogenated alkanes) is 1. The van der Waals surface area contributed by atoms with Crippen molar-refractivity contribution in [1.82, 2.24) is 0 Å². The number of benzene rings is 1. The Bertz CT molecular complexity index is 278. The monoisotopic (exact) mass is 197 g/mol. The zero-order valence-electron chi connectivity index (χ0n) is 8.12. The number of nitrogens with two attached hydrogens (primary N) is 1. The number of rotatable bonds is 5. The van der Waals surface area contributed by atoms with Crippen LogP contribution in [-0.2, 0) is 0 Å². The summed E-state index contributed by atoms with van der Waals surface area (Å²) in [6.45, 7) is 0.171. The molecule has 0 saturated heterocycles. The van der Waals surface area contributed by atoms with Crippen LogP contribution >= 0.6 is 0 Å². The van der Waals surface area contributed by atoms with Gasteiger partial charge in [0, 0.05) is 18.2 Å². The topological polar surface area (TPSA) is 46.2 Å². The molecule has 0 bridgehead atoms. The molecule has 1 atom stereocenters. The lowest BCUT2D eigenvalue weighted by molar-refractivity contribution is 0.281. The van der Waals surface area contributed by atoms with E-state index < -0.39 is 0 Å². The van der Waals surface area contributed by atoms with Gasteiger partial charge in [-0.05, 0) is 25.3 Å². The van der Waals surface area contributed by atoms with Crippen LogP contribution in [0.4, 0.5) is 4.39 Å². The van der Waals surface area contributed by atoms with Crippen LogP contribution in [0.5, 0.6) is 0 Å². The number of hydrogen-bond donors (Lipinski definition) is 2. The van der Waals surface area contributed by atoms with Crippen LogP contribution in [0.1, 0.15) is 30.9 Å². The van der Waals surface area contributed by atoms with Gasteiger partial charge in [-0.2, -0.15) is 0 Å². The Morgan fingerprint density at radius 3 is 2.64 bits per heavy atom. The number of halogens is 1. The minimum absolute atomic E-state index is 0.171. The summed E-state index contributed by atoms with van der Waals surface area (Å²) in [6.07, 6.45) is 2.26. The summed E-state index contributed by atoms with van der Waals surface area (Å²) < 4.78 is 13.2. The maximum atomic E-state index is 13.2. The maximum Gasteiger partial charge on any atom is 0.127 e. The quantitative estimate of drug-likeness (QED) is 0.709. The first-order valence-corrected chi connectivity index (χ1v) is 4.86. The van der Waals surface area contributed by atoms with E-state index in [1.165, 1.54) is 6.07 Å². The van der Waals surface area contributed by atoms with Crippen molar-refractivity contribution in [3.05, 3.63) is 35.6 Å². The molecule has 3 N–H and O–H groups in total. The third-order valence-electron chi connectivity index (χ3n) is 2.23. The van der Waals surface area contributed by atoms with Crippen LogP contribution in [0.15, 0.2) is 24.3 Å². The Morgan fingerprint density at radius 2 is 2.00 bits per heavy atom. The van der Waals surface area contributed by atoms with Crippen LogP contribution < -0.4 is 5.73 Å². The second kappa shape index (κ2) is 5.73. The summed E-state index contributed by atoms with van der Waals surface area (Å²) in [5.74, 6) is -0.246. The predicted octanol–water partition coefficient (Wildman–Crippen LogP) is 1.99. The van der Waals surface area contributed by atoms with Gasteiger partial charge in [0.2, 0.25) is 0 Å². The molecule has 1 aromatic rings. The largest absolute Gasteiger partial charge is 0.396 e. The Labute approximate surface area is 83.6 Å². The average Bonchev–Trinajstić information content (AvgIpc) is 2.18. The van der Waals surface area contributed by atoms with Gasteiger partial charge in [0.05, 0.1) is 0 Å². The van der Waals surface area contributed by atoms with Gasteiger partial charge >= 0.3 is 0 Å². The van der Waals surface area contributed by atoms with Gasteiger partial charge in [0.15, 0.2) is 0 Å². The van der Waals surface area contributed by atoms with Gasteiger partial charge in [0.1, 0.15) is 5.82 Å². The van der Waals surface area contributed by atoms with E-state index in [9.17, 15) is 4.39 Å². The molecule has 14 heavy (non-hydrogen) atoms. The highest BCUT2D eigenvalue weighted by atomic mass is 19.1. The highest BCUT2D eigenvalue weighted by Gasteiger charge is 2.09. The van der Waals surface area contributed by atoms with Crippen LogP contribution in [0.25, 0.3) is 0 Å². The molecule has 0 radical (unpaired) electrons. The lowest BCUT2D eigenvalue weighted by atomic mass is 10.0. The zero-order chi connectivity index (χ0) is 10.4. The zero-order valence-corrected chi connectivity index (χ0v) is 8.12. The molecular formula is C11H16FNO. The molecule has 2 nitrogen and oxygen atoms in total. The summed E-state index contributed by atoms with van der Waals surface area (Å²) in [4.78, 5) is 0. The van der Waals surface area contributed by atoms with Crippen LogP contribution in [-0.4, -0.2) is 11.7 Å². The minimum Gasteiger partial charge on any atom is -0.396 e. The van der Waals surface area contributed by atoms with Crippen molar-refractivity contribution in [3.8, 4) is 0 Å². The Kier molecular flexibility index (Phi) is 4.56. The van der Waals surface area contributed by atoms with E-state index in [4.69, 9.17) is 10.8 Å². The van der Waals surface area contributed by atoms with E-state index in [1.54, 1.807) is 18.2 Å². The molecule has 0 unspecified atom stereocenters. The van der Waals surface area contributed by atoms with Crippen LogP contribution in [0.2, 0.25) is 0 Å². The highest BCUT2D eigenvalue weighted by molar-refractivity contribution is 5.20. The molecule has 0 spiro atoms. The van der Waals surface area contributed by atoms with Crippen LogP contribution in [0, 0.1) is 5.82 Å². The second-order valence-corrected chi connectivity index (χ2v) is 3.35.